The molecule has 23 heavy (non-hydrogen) atoms. The number of fused-ring (bicyclic) bond motifs is 1. The van der Waals surface area contributed by atoms with E-state index in [4.69, 9.17) is 0 Å². The molecule has 1 N–H and O–H groups in total. The van der Waals surface area contributed by atoms with Crippen molar-refractivity contribution in [2.24, 2.45) is 5.92 Å². The smallest absolute Gasteiger partial charge is 0.261 e. The van der Waals surface area contributed by atoms with Crippen LogP contribution in [0.15, 0.2) is 23.1 Å². The van der Waals surface area contributed by atoms with E-state index in [-0.39, 0.29) is 22.1 Å². The molecule has 124 valence electrons. The van der Waals surface area contributed by atoms with E-state index in [0.29, 0.717) is 5.92 Å². The minimum Gasteiger partial charge on any atom is -0.277 e. The number of carbonyl (C=O) groups is 2. The Kier molecular flexibility index (Phi) is 4.01. The highest BCUT2D eigenvalue weighted by molar-refractivity contribution is 7.89. The van der Waals surface area contributed by atoms with E-state index in [1.807, 2.05) is 0 Å². The first-order valence-corrected chi connectivity index (χ1v) is 9.26. The highest BCUT2D eigenvalue weighted by Gasteiger charge is 2.34. The molecule has 1 aromatic carbocycles. The molecule has 3 rings (SSSR count). The summed E-state index contributed by atoms with van der Waals surface area (Å²) < 4.78 is 27.8. The van der Waals surface area contributed by atoms with Crippen LogP contribution in [0.5, 0.6) is 0 Å². The van der Waals surface area contributed by atoms with Crippen molar-refractivity contribution in [3.63, 3.8) is 0 Å². The van der Waals surface area contributed by atoms with Crippen molar-refractivity contribution in [2.75, 3.05) is 7.05 Å². The van der Waals surface area contributed by atoms with Gasteiger partial charge in [0.05, 0.1) is 16.0 Å². The van der Waals surface area contributed by atoms with Crippen LogP contribution in [-0.4, -0.2) is 38.2 Å². The Morgan fingerprint density at radius 1 is 1.04 bits per heavy atom. The fourth-order valence-corrected chi connectivity index (χ4v) is 4.50. The number of imide groups is 1. The highest BCUT2D eigenvalue weighted by atomic mass is 32.2. The van der Waals surface area contributed by atoms with Crippen molar-refractivity contribution < 1.29 is 18.0 Å². The van der Waals surface area contributed by atoms with Gasteiger partial charge in [-0.1, -0.05) is 6.92 Å². The summed E-state index contributed by atoms with van der Waals surface area (Å²) in [6, 6.07) is 4.03. The summed E-state index contributed by atoms with van der Waals surface area (Å²) in [5, 5.41) is 0. The molecule has 6 nitrogen and oxygen atoms in total. The van der Waals surface area contributed by atoms with E-state index in [0.717, 1.165) is 30.6 Å². The molecule has 2 aliphatic rings. The zero-order valence-corrected chi connectivity index (χ0v) is 14.0. The van der Waals surface area contributed by atoms with Crippen LogP contribution in [0.2, 0.25) is 0 Å². The Bertz CT molecular complexity index is 764. The van der Waals surface area contributed by atoms with E-state index in [1.165, 1.54) is 25.2 Å². The molecule has 1 aliphatic heterocycles. The van der Waals surface area contributed by atoms with Crippen molar-refractivity contribution in [1.82, 2.24) is 9.62 Å². The summed E-state index contributed by atoms with van der Waals surface area (Å²) in [5.41, 5.74) is 0.403. The maximum Gasteiger partial charge on any atom is 0.261 e. The van der Waals surface area contributed by atoms with Gasteiger partial charge < -0.3 is 0 Å². The van der Waals surface area contributed by atoms with Crippen LogP contribution in [0.1, 0.15) is 53.3 Å². The van der Waals surface area contributed by atoms with Crippen molar-refractivity contribution in [2.45, 2.75) is 43.5 Å². The Morgan fingerprint density at radius 2 is 1.65 bits per heavy atom. The lowest BCUT2D eigenvalue weighted by Crippen LogP contribution is -2.37. The summed E-state index contributed by atoms with van der Waals surface area (Å²) >= 11 is 0. The van der Waals surface area contributed by atoms with Gasteiger partial charge in [-0.2, -0.15) is 0 Å². The zero-order valence-electron chi connectivity index (χ0n) is 13.2. The Morgan fingerprint density at radius 3 is 2.30 bits per heavy atom. The highest BCUT2D eigenvalue weighted by Crippen LogP contribution is 2.27. The van der Waals surface area contributed by atoms with Crippen molar-refractivity contribution >= 4 is 21.8 Å². The first-order chi connectivity index (χ1) is 10.8. The van der Waals surface area contributed by atoms with Gasteiger partial charge in [-0.05, 0) is 49.8 Å². The second-order valence-corrected chi connectivity index (χ2v) is 8.17. The lowest BCUT2D eigenvalue weighted by molar-refractivity contribution is 0.0693. The predicted molar refractivity (Wildman–Crippen MR) is 84.6 cm³/mol. The van der Waals surface area contributed by atoms with Gasteiger partial charge in [0.2, 0.25) is 10.0 Å². The minimum absolute atomic E-state index is 0.0336. The van der Waals surface area contributed by atoms with Gasteiger partial charge in [0.25, 0.3) is 11.8 Å². The molecule has 0 unspecified atom stereocenters. The quantitative estimate of drug-likeness (QED) is 0.853. The van der Waals surface area contributed by atoms with Crippen LogP contribution >= 0.6 is 0 Å². The molecule has 1 fully saturated rings. The number of sulfonamides is 1. The number of amides is 2. The van der Waals surface area contributed by atoms with E-state index in [9.17, 15) is 18.0 Å². The van der Waals surface area contributed by atoms with E-state index in [2.05, 4.69) is 11.6 Å². The van der Waals surface area contributed by atoms with E-state index < -0.39 is 21.8 Å². The molecule has 7 heteroatoms. The molecule has 1 aliphatic carbocycles. The fourth-order valence-electron chi connectivity index (χ4n) is 3.17. The maximum atomic E-state index is 12.5. The number of nitrogens with zero attached hydrogens (tertiary/aromatic N) is 1. The van der Waals surface area contributed by atoms with Gasteiger partial charge in [0.15, 0.2) is 0 Å². The standard InChI is InChI=1S/C16H20N2O4S/c1-10-3-5-11(6-4-10)17-23(21,22)12-7-8-13-14(9-12)16(20)18(2)15(13)19/h7-11,17H,3-6H2,1-2H3. The monoisotopic (exact) mass is 336 g/mol. The van der Waals surface area contributed by atoms with Crippen LogP contribution in [0.4, 0.5) is 0 Å². The van der Waals surface area contributed by atoms with E-state index >= 15 is 0 Å². The lowest BCUT2D eigenvalue weighted by Gasteiger charge is -2.26. The van der Waals surface area contributed by atoms with Crippen LogP contribution in [0.3, 0.4) is 0 Å². The summed E-state index contributed by atoms with van der Waals surface area (Å²) in [7, 11) is -2.30. The summed E-state index contributed by atoms with van der Waals surface area (Å²) in [5.74, 6) is -0.230. The molecule has 0 bridgehead atoms. The summed E-state index contributed by atoms with van der Waals surface area (Å²) in [6.45, 7) is 2.17. The Balaban J connectivity index is 1.85. The molecule has 0 aromatic heterocycles. The molecule has 1 heterocycles. The SMILES string of the molecule is CC1CCC(NS(=O)(=O)c2ccc3c(c2)C(=O)N(C)C3=O)CC1. The second-order valence-electron chi connectivity index (χ2n) is 6.45. The molecule has 2 amide bonds. The molecule has 1 saturated carbocycles. The third kappa shape index (κ3) is 2.90. The molecule has 1 aromatic rings. The van der Waals surface area contributed by atoms with Gasteiger partial charge in [0, 0.05) is 13.1 Å². The number of hydrogen-bond donors (Lipinski definition) is 1. The van der Waals surface area contributed by atoms with Crippen molar-refractivity contribution in [3.8, 4) is 0 Å². The van der Waals surface area contributed by atoms with Gasteiger partial charge in [0.1, 0.15) is 0 Å². The lowest BCUT2D eigenvalue weighted by atomic mass is 9.88. The van der Waals surface area contributed by atoms with Gasteiger partial charge >= 0.3 is 0 Å². The van der Waals surface area contributed by atoms with Crippen LogP contribution in [0.25, 0.3) is 0 Å². The first kappa shape index (κ1) is 16.1. The summed E-state index contributed by atoms with van der Waals surface area (Å²) in [4.78, 5) is 24.9. The second kappa shape index (κ2) is 5.72. The third-order valence-electron chi connectivity index (χ3n) is 4.71. The number of rotatable bonds is 3. The van der Waals surface area contributed by atoms with Gasteiger partial charge in [-0.25, -0.2) is 13.1 Å². The number of nitrogens with one attached hydrogen (secondary N) is 1. The fraction of sp³-hybridized carbons (Fsp3) is 0.500. The largest absolute Gasteiger partial charge is 0.277 e. The van der Waals surface area contributed by atoms with Crippen molar-refractivity contribution in [1.29, 1.82) is 0 Å². The summed E-state index contributed by atoms with van der Waals surface area (Å²) in [6.07, 6.45) is 3.67. The zero-order chi connectivity index (χ0) is 16.8. The first-order valence-electron chi connectivity index (χ1n) is 7.78. The Labute approximate surface area is 135 Å². The van der Waals surface area contributed by atoms with Crippen LogP contribution < -0.4 is 4.72 Å². The molecule has 0 spiro atoms. The molecule has 0 saturated heterocycles. The number of benzene rings is 1. The topological polar surface area (TPSA) is 83.6 Å². The van der Waals surface area contributed by atoms with Crippen LogP contribution in [-0.2, 0) is 10.0 Å². The molecule has 0 atom stereocenters. The number of carbonyl (C=O) groups excluding carboxylic acids is 2. The minimum atomic E-state index is -3.69. The predicted octanol–water partition coefficient (Wildman–Crippen LogP) is 1.77. The Hall–Kier alpha value is -1.73. The van der Waals surface area contributed by atoms with Gasteiger partial charge in [-0.15, -0.1) is 0 Å². The van der Waals surface area contributed by atoms with Crippen LogP contribution in [0, 0.1) is 5.92 Å². The van der Waals surface area contributed by atoms with Crippen molar-refractivity contribution in [3.05, 3.63) is 29.3 Å². The molecular formula is C16H20N2O4S. The normalized spacial score (nSPS) is 24.9. The molecule has 0 radical (unpaired) electrons. The van der Waals surface area contributed by atoms with E-state index in [1.54, 1.807) is 0 Å². The number of hydrogen-bond acceptors (Lipinski definition) is 4. The average molecular weight is 336 g/mol. The molecular weight excluding hydrogens is 316 g/mol. The third-order valence-corrected chi connectivity index (χ3v) is 6.23. The van der Waals surface area contributed by atoms with Gasteiger partial charge in [-0.3, -0.25) is 14.5 Å². The average Bonchev–Trinajstić information content (AvgIpc) is 2.74. The maximum absolute atomic E-state index is 12.5.